The van der Waals surface area contributed by atoms with E-state index in [1.165, 1.54) is 18.4 Å². The van der Waals surface area contributed by atoms with Crippen LogP contribution < -0.4 is 5.32 Å². The SMILES string of the molecule is CCC(NC(=O)C1CCCN(Cc2ccc(F)cc2)C1)c1ccc(S(C)(=O)=O)cc1. The van der Waals surface area contributed by atoms with Crippen molar-refractivity contribution < 1.29 is 17.6 Å². The van der Waals surface area contributed by atoms with Gasteiger partial charge in [0.25, 0.3) is 0 Å². The second kappa shape index (κ2) is 9.71. The molecule has 2 unspecified atom stereocenters. The van der Waals surface area contributed by atoms with Gasteiger partial charge in [-0.1, -0.05) is 31.2 Å². The Labute approximate surface area is 178 Å². The maximum atomic E-state index is 13.1. The van der Waals surface area contributed by atoms with E-state index >= 15 is 0 Å². The Bertz CT molecular complexity index is 959. The van der Waals surface area contributed by atoms with Crippen molar-refractivity contribution >= 4 is 15.7 Å². The van der Waals surface area contributed by atoms with Crippen LogP contribution in [0.3, 0.4) is 0 Å². The molecule has 0 bridgehead atoms. The van der Waals surface area contributed by atoms with E-state index in [1.54, 1.807) is 36.4 Å². The van der Waals surface area contributed by atoms with E-state index in [1.807, 2.05) is 6.92 Å². The molecule has 1 N–H and O–H groups in total. The van der Waals surface area contributed by atoms with Crippen molar-refractivity contribution in [2.75, 3.05) is 19.3 Å². The van der Waals surface area contributed by atoms with E-state index in [-0.39, 0.29) is 28.6 Å². The number of likely N-dealkylation sites (tertiary alicyclic amines) is 1. The maximum Gasteiger partial charge on any atom is 0.224 e. The van der Waals surface area contributed by atoms with Crippen molar-refractivity contribution in [3.8, 4) is 0 Å². The quantitative estimate of drug-likeness (QED) is 0.724. The van der Waals surface area contributed by atoms with Crippen LogP contribution in [0.5, 0.6) is 0 Å². The molecule has 30 heavy (non-hydrogen) atoms. The summed E-state index contributed by atoms with van der Waals surface area (Å²) in [4.78, 5) is 15.4. The minimum Gasteiger partial charge on any atom is -0.349 e. The Balaban J connectivity index is 1.61. The van der Waals surface area contributed by atoms with Crippen molar-refractivity contribution in [2.24, 2.45) is 5.92 Å². The third-order valence-corrected chi connectivity index (χ3v) is 6.76. The van der Waals surface area contributed by atoms with Crippen LogP contribution in [0.1, 0.15) is 43.4 Å². The Morgan fingerprint density at radius 1 is 1.17 bits per heavy atom. The minimum atomic E-state index is -3.24. The van der Waals surface area contributed by atoms with Crippen LogP contribution in [-0.2, 0) is 21.2 Å². The van der Waals surface area contributed by atoms with Gasteiger partial charge in [0.2, 0.25) is 5.91 Å². The lowest BCUT2D eigenvalue weighted by Crippen LogP contribution is -2.43. The largest absolute Gasteiger partial charge is 0.349 e. The van der Waals surface area contributed by atoms with E-state index in [0.29, 0.717) is 13.1 Å². The number of amides is 1. The van der Waals surface area contributed by atoms with Crippen molar-refractivity contribution in [3.63, 3.8) is 0 Å². The summed E-state index contributed by atoms with van der Waals surface area (Å²) in [6.07, 6.45) is 3.69. The van der Waals surface area contributed by atoms with Gasteiger partial charge >= 0.3 is 0 Å². The highest BCUT2D eigenvalue weighted by molar-refractivity contribution is 7.90. The van der Waals surface area contributed by atoms with E-state index in [4.69, 9.17) is 0 Å². The van der Waals surface area contributed by atoms with Gasteiger partial charge in [-0.2, -0.15) is 0 Å². The van der Waals surface area contributed by atoms with Crippen molar-refractivity contribution in [2.45, 2.75) is 43.7 Å². The summed E-state index contributed by atoms with van der Waals surface area (Å²) < 4.78 is 36.4. The summed E-state index contributed by atoms with van der Waals surface area (Å²) in [5, 5.41) is 3.14. The molecule has 1 aliphatic heterocycles. The first-order chi connectivity index (χ1) is 14.3. The number of nitrogens with zero attached hydrogens (tertiary/aromatic N) is 1. The zero-order chi connectivity index (χ0) is 21.7. The van der Waals surface area contributed by atoms with E-state index in [2.05, 4.69) is 10.2 Å². The fraction of sp³-hybridized carbons (Fsp3) is 0.435. The highest BCUT2D eigenvalue weighted by Crippen LogP contribution is 2.23. The average Bonchev–Trinajstić information content (AvgIpc) is 2.73. The van der Waals surface area contributed by atoms with Crippen LogP contribution in [0.4, 0.5) is 4.39 Å². The minimum absolute atomic E-state index is 0.0258. The summed E-state index contributed by atoms with van der Waals surface area (Å²) >= 11 is 0. The van der Waals surface area contributed by atoms with Crippen LogP contribution in [0, 0.1) is 11.7 Å². The highest BCUT2D eigenvalue weighted by Gasteiger charge is 2.27. The van der Waals surface area contributed by atoms with Gasteiger partial charge < -0.3 is 5.32 Å². The Morgan fingerprint density at radius 3 is 2.43 bits per heavy atom. The molecule has 3 rings (SSSR count). The van der Waals surface area contributed by atoms with Crippen molar-refractivity contribution in [1.29, 1.82) is 0 Å². The number of halogens is 1. The topological polar surface area (TPSA) is 66.5 Å². The number of nitrogens with one attached hydrogen (secondary N) is 1. The first-order valence-corrected chi connectivity index (χ1v) is 12.2. The van der Waals surface area contributed by atoms with Gasteiger partial charge in [-0.25, -0.2) is 12.8 Å². The number of rotatable bonds is 7. The number of benzene rings is 2. The fourth-order valence-corrected chi connectivity index (χ4v) is 4.55. The first-order valence-electron chi connectivity index (χ1n) is 10.3. The van der Waals surface area contributed by atoms with Crippen LogP contribution in [0.15, 0.2) is 53.4 Å². The van der Waals surface area contributed by atoms with E-state index < -0.39 is 9.84 Å². The number of hydrogen-bond donors (Lipinski definition) is 1. The number of hydrogen-bond acceptors (Lipinski definition) is 4. The second-order valence-electron chi connectivity index (χ2n) is 8.01. The lowest BCUT2D eigenvalue weighted by Gasteiger charge is -2.33. The summed E-state index contributed by atoms with van der Waals surface area (Å²) in [5.41, 5.74) is 1.94. The molecular formula is C23H29FN2O3S. The number of carbonyl (C=O) groups excluding carboxylic acids is 1. The lowest BCUT2D eigenvalue weighted by atomic mass is 9.95. The molecule has 1 fully saturated rings. The molecule has 1 amide bonds. The molecule has 2 aromatic carbocycles. The van der Waals surface area contributed by atoms with Gasteiger partial charge in [0.05, 0.1) is 16.9 Å². The molecule has 2 atom stereocenters. The molecule has 5 nitrogen and oxygen atoms in total. The fourth-order valence-electron chi connectivity index (χ4n) is 3.92. The summed E-state index contributed by atoms with van der Waals surface area (Å²) in [6, 6.07) is 13.1. The highest BCUT2D eigenvalue weighted by atomic mass is 32.2. The average molecular weight is 433 g/mol. The zero-order valence-electron chi connectivity index (χ0n) is 17.5. The van der Waals surface area contributed by atoms with Crippen LogP contribution in [0.25, 0.3) is 0 Å². The predicted octanol–water partition coefficient (Wildman–Crippen LogP) is 3.71. The van der Waals surface area contributed by atoms with Crippen LogP contribution in [0.2, 0.25) is 0 Å². The molecule has 162 valence electrons. The Kier molecular flexibility index (Phi) is 7.26. The van der Waals surface area contributed by atoms with Crippen molar-refractivity contribution in [1.82, 2.24) is 10.2 Å². The van der Waals surface area contributed by atoms with E-state index in [0.717, 1.165) is 36.9 Å². The normalized spacial score (nSPS) is 18.7. The summed E-state index contributed by atoms with van der Waals surface area (Å²) in [7, 11) is -3.24. The third-order valence-electron chi connectivity index (χ3n) is 5.63. The molecule has 2 aromatic rings. The lowest BCUT2D eigenvalue weighted by molar-refractivity contribution is -0.127. The molecule has 0 radical (unpaired) electrons. The molecule has 0 spiro atoms. The standard InChI is InChI=1S/C23H29FN2O3S/c1-3-22(18-8-12-21(13-9-18)30(2,28)29)25-23(27)19-5-4-14-26(16-19)15-17-6-10-20(24)11-7-17/h6-13,19,22H,3-5,14-16H2,1-2H3,(H,25,27). The smallest absolute Gasteiger partial charge is 0.224 e. The number of sulfone groups is 1. The molecule has 7 heteroatoms. The van der Waals surface area contributed by atoms with Gasteiger partial charge in [-0.15, -0.1) is 0 Å². The molecule has 0 aliphatic carbocycles. The Hall–Kier alpha value is -2.25. The van der Waals surface area contributed by atoms with Gasteiger partial charge in [0.1, 0.15) is 5.82 Å². The molecule has 1 saturated heterocycles. The Morgan fingerprint density at radius 2 is 1.83 bits per heavy atom. The second-order valence-corrected chi connectivity index (χ2v) is 10.0. The molecular weight excluding hydrogens is 403 g/mol. The first kappa shape index (κ1) is 22.4. The predicted molar refractivity (Wildman–Crippen MR) is 115 cm³/mol. The van der Waals surface area contributed by atoms with E-state index in [9.17, 15) is 17.6 Å². The molecule has 0 saturated carbocycles. The van der Waals surface area contributed by atoms with Crippen LogP contribution in [-0.4, -0.2) is 38.6 Å². The van der Waals surface area contributed by atoms with Crippen molar-refractivity contribution in [3.05, 3.63) is 65.5 Å². The summed E-state index contributed by atoms with van der Waals surface area (Å²) in [5.74, 6) is -0.314. The van der Waals surface area contributed by atoms with Gasteiger partial charge in [0.15, 0.2) is 9.84 Å². The summed E-state index contributed by atoms with van der Waals surface area (Å²) in [6.45, 7) is 4.29. The number of piperidine rings is 1. The van der Waals surface area contributed by atoms with Crippen LogP contribution >= 0.6 is 0 Å². The number of carbonyl (C=O) groups is 1. The van der Waals surface area contributed by atoms with Gasteiger partial charge in [0, 0.05) is 19.3 Å². The molecule has 0 aromatic heterocycles. The monoisotopic (exact) mass is 432 g/mol. The molecule has 1 heterocycles. The van der Waals surface area contributed by atoms with Gasteiger partial charge in [-0.3, -0.25) is 9.69 Å². The van der Waals surface area contributed by atoms with Gasteiger partial charge in [-0.05, 0) is 61.2 Å². The third kappa shape index (κ3) is 5.89. The zero-order valence-corrected chi connectivity index (χ0v) is 18.3. The molecule has 1 aliphatic rings. The maximum absolute atomic E-state index is 13.1.